The predicted molar refractivity (Wildman–Crippen MR) is 125 cm³/mol. The van der Waals surface area contributed by atoms with E-state index in [1.807, 2.05) is 18.2 Å². The number of urea groups is 1. The summed E-state index contributed by atoms with van der Waals surface area (Å²) >= 11 is 1.69. The summed E-state index contributed by atoms with van der Waals surface area (Å²) in [6.07, 6.45) is 7.23. The summed E-state index contributed by atoms with van der Waals surface area (Å²) < 4.78 is 0. The number of unbranched alkanes of at least 4 members (excludes halogenated alkanes) is 3. The zero-order valence-electron chi connectivity index (χ0n) is 18.4. The molecule has 1 aromatic carbocycles. The minimum Gasteiger partial charge on any atom is -0.338 e. The van der Waals surface area contributed by atoms with Gasteiger partial charge in [-0.3, -0.25) is 10.0 Å². The zero-order chi connectivity index (χ0) is 22.2. The van der Waals surface area contributed by atoms with Crippen molar-refractivity contribution in [1.29, 1.82) is 0 Å². The summed E-state index contributed by atoms with van der Waals surface area (Å²) in [6.45, 7) is 10.1. The van der Waals surface area contributed by atoms with E-state index in [0.717, 1.165) is 55.1 Å². The van der Waals surface area contributed by atoms with Crippen molar-refractivity contribution in [3.8, 4) is 0 Å². The first-order chi connectivity index (χ1) is 14.5. The van der Waals surface area contributed by atoms with Gasteiger partial charge in [0.25, 0.3) is 5.91 Å². The Labute approximate surface area is 184 Å². The molecular weight excluding hydrogens is 400 g/mol. The maximum absolute atomic E-state index is 12.3. The Kier molecular flexibility index (Phi) is 13.7. The van der Waals surface area contributed by atoms with Gasteiger partial charge in [-0.05, 0) is 43.3 Å². The average molecular weight is 437 g/mol. The van der Waals surface area contributed by atoms with Crippen LogP contribution in [0.15, 0.2) is 29.2 Å². The molecule has 0 spiro atoms. The van der Waals surface area contributed by atoms with Crippen LogP contribution in [0.3, 0.4) is 0 Å². The highest BCUT2D eigenvalue weighted by Crippen LogP contribution is 2.29. The molecule has 0 bridgehead atoms. The monoisotopic (exact) mass is 436 g/mol. The van der Waals surface area contributed by atoms with Crippen LogP contribution in [0.1, 0.15) is 52.0 Å². The van der Waals surface area contributed by atoms with Gasteiger partial charge in [0.2, 0.25) is 0 Å². The Balaban J connectivity index is 2.80. The number of thioether (sulfide) groups is 1. The number of anilines is 1. The minimum atomic E-state index is -0.605. The van der Waals surface area contributed by atoms with Gasteiger partial charge in [0.1, 0.15) is 0 Å². The summed E-state index contributed by atoms with van der Waals surface area (Å²) in [5, 5.41) is 14.5. The van der Waals surface area contributed by atoms with Crippen molar-refractivity contribution in [3.05, 3.63) is 29.8 Å². The van der Waals surface area contributed by atoms with E-state index in [9.17, 15) is 9.59 Å². The first-order valence-electron chi connectivity index (χ1n) is 10.7. The molecule has 168 valence electrons. The molecule has 0 saturated heterocycles. The summed E-state index contributed by atoms with van der Waals surface area (Å²) in [5.41, 5.74) is 3.03. The number of benzene rings is 1. The quantitative estimate of drug-likeness (QED) is 0.114. The minimum absolute atomic E-state index is 0.230. The number of rotatable bonds is 14. The summed E-state index contributed by atoms with van der Waals surface area (Å²) in [7, 11) is 0. The molecule has 0 radical (unpaired) electrons. The van der Waals surface area contributed by atoms with E-state index in [1.54, 1.807) is 23.3 Å². The molecule has 30 heavy (non-hydrogen) atoms. The van der Waals surface area contributed by atoms with Crippen molar-refractivity contribution >= 4 is 35.5 Å². The van der Waals surface area contributed by atoms with Gasteiger partial charge < -0.3 is 15.5 Å². The average Bonchev–Trinajstić information content (AvgIpc) is 2.76. The lowest BCUT2D eigenvalue weighted by molar-refractivity contribution is -0.124. The lowest BCUT2D eigenvalue weighted by Crippen LogP contribution is -2.29. The third-order valence-electron chi connectivity index (χ3n) is 4.66. The molecule has 7 nitrogen and oxygen atoms in total. The van der Waals surface area contributed by atoms with Crippen LogP contribution >= 0.6 is 11.8 Å². The number of nitrogens with zero attached hydrogens (tertiary/aromatic N) is 1. The maximum atomic E-state index is 12.3. The Bertz CT molecular complexity index is 678. The van der Waals surface area contributed by atoms with Crippen LogP contribution in [0, 0.1) is 0 Å². The first-order valence-corrected chi connectivity index (χ1v) is 11.7. The standard InChI is InChI=1S/C22H36N4O3S/c1-4-7-8-9-14-23-22(28)24-19-17-18(11-13-21(27)25-29)10-12-20(19)30-16-15-26(5-2)6-3/h10-13,17,29H,4-9,14-16H2,1-3H3,(H,25,27)(H2,23,24,28)/b13-11+. The highest BCUT2D eigenvalue weighted by Gasteiger charge is 2.09. The van der Waals surface area contributed by atoms with Crippen molar-refractivity contribution in [2.24, 2.45) is 0 Å². The molecule has 1 aromatic rings. The van der Waals surface area contributed by atoms with Crippen molar-refractivity contribution in [1.82, 2.24) is 15.7 Å². The molecule has 0 aromatic heterocycles. The Hall–Kier alpha value is -2.03. The number of hydrogen-bond donors (Lipinski definition) is 4. The second kappa shape index (κ2) is 15.8. The lowest BCUT2D eigenvalue weighted by Gasteiger charge is -2.18. The van der Waals surface area contributed by atoms with Crippen molar-refractivity contribution in [2.75, 3.05) is 37.2 Å². The third-order valence-corrected chi connectivity index (χ3v) is 5.72. The molecular formula is C22H36N4O3S. The second-order valence-electron chi connectivity index (χ2n) is 6.88. The van der Waals surface area contributed by atoms with Crippen LogP contribution in [0.25, 0.3) is 6.08 Å². The lowest BCUT2D eigenvalue weighted by atomic mass is 10.2. The molecule has 3 amide bonds. The van der Waals surface area contributed by atoms with E-state index in [1.165, 1.54) is 12.5 Å². The van der Waals surface area contributed by atoms with Gasteiger partial charge in [0, 0.05) is 29.8 Å². The molecule has 0 unspecified atom stereocenters. The van der Waals surface area contributed by atoms with Crippen LogP contribution in [-0.2, 0) is 4.79 Å². The molecule has 0 aliphatic heterocycles. The molecule has 0 heterocycles. The van der Waals surface area contributed by atoms with Crippen LogP contribution in [-0.4, -0.2) is 54.0 Å². The van der Waals surface area contributed by atoms with Gasteiger partial charge in [0.15, 0.2) is 0 Å². The van der Waals surface area contributed by atoms with E-state index < -0.39 is 5.91 Å². The van der Waals surface area contributed by atoms with Gasteiger partial charge >= 0.3 is 6.03 Å². The summed E-state index contributed by atoms with van der Waals surface area (Å²) in [5.74, 6) is 0.309. The fourth-order valence-corrected chi connectivity index (χ4v) is 3.83. The molecule has 0 saturated carbocycles. The number of carbonyl (C=O) groups excluding carboxylic acids is 2. The number of nitrogens with one attached hydrogen (secondary N) is 3. The summed E-state index contributed by atoms with van der Waals surface area (Å²) in [4.78, 5) is 26.9. The number of hydrogen-bond acceptors (Lipinski definition) is 5. The van der Waals surface area contributed by atoms with Gasteiger partial charge in [0.05, 0.1) is 5.69 Å². The Morgan fingerprint density at radius 1 is 1.13 bits per heavy atom. The van der Waals surface area contributed by atoms with Crippen LogP contribution in [0.5, 0.6) is 0 Å². The largest absolute Gasteiger partial charge is 0.338 e. The van der Waals surface area contributed by atoms with Crippen LogP contribution in [0.4, 0.5) is 10.5 Å². The number of amides is 3. The molecule has 0 atom stereocenters. The Morgan fingerprint density at radius 3 is 2.57 bits per heavy atom. The molecule has 0 aliphatic rings. The van der Waals surface area contributed by atoms with E-state index in [0.29, 0.717) is 12.2 Å². The predicted octanol–water partition coefficient (Wildman–Crippen LogP) is 4.34. The normalized spacial score (nSPS) is 11.1. The van der Waals surface area contributed by atoms with Gasteiger partial charge in [-0.15, -0.1) is 11.8 Å². The SMILES string of the molecule is CCCCCCNC(=O)Nc1cc(/C=C/C(=O)NO)ccc1SCCN(CC)CC. The molecule has 0 aliphatic carbocycles. The zero-order valence-corrected chi connectivity index (χ0v) is 19.2. The van der Waals surface area contributed by atoms with Crippen molar-refractivity contribution in [3.63, 3.8) is 0 Å². The van der Waals surface area contributed by atoms with E-state index >= 15 is 0 Å². The number of hydroxylamine groups is 1. The fourth-order valence-electron chi connectivity index (χ4n) is 2.83. The molecule has 1 rings (SSSR count). The van der Waals surface area contributed by atoms with Crippen LogP contribution < -0.4 is 16.1 Å². The number of carbonyl (C=O) groups is 2. The second-order valence-corrected chi connectivity index (χ2v) is 8.02. The summed E-state index contributed by atoms with van der Waals surface area (Å²) in [6, 6.07) is 5.43. The van der Waals surface area contributed by atoms with Gasteiger partial charge in [-0.25, -0.2) is 10.3 Å². The fraction of sp³-hybridized carbons (Fsp3) is 0.545. The smallest absolute Gasteiger partial charge is 0.319 e. The van der Waals surface area contributed by atoms with E-state index in [4.69, 9.17) is 5.21 Å². The highest BCUT2D eigenvalue weighted by molar-refractivity contribution is 7.99. The van der Waals surface area contributed by atoms with Gasteiger partial charge in [-0.2, -0.15) is 0 Å². The van der Waals surface area contributed by atoms with Gasteiger partial charge in [-0.1, -0.05) is 46.1 Å². The third kappa shape index (κ3) is 10.7. The van der Waals surface area contributed by atoms with E-state index in [-0.39, 0.29) is 6.03 Å². The molecule has 8 heteroatoms. The highest BCUT2D eigenvalue weighted by atomic mass is 32.2. The molecule has 4 N–H and O–H groups in total. The van der Waals surface area contributed by atoms with E-state index in [2.05, 4.69) is 36.3 Å². The first kappa shape index (κ1) is 26.0. The van der Waals surface area contributed by atoms with Crippen molar-refractivity contribution in [2.45, 2.75) is 51.3 Å². The Morgan fingerprint density at radius 2 is 1.90 bits per heavy atom. The van der Waals surface area contributed by atoms with Crippen LogP contribution in [0.2, 0.25) is 0 Å². The topological polar surface area (TPSA) is 93.7 Å². The maximum Gasteiger partial charge on any atom is 0.319 e. The molecule has 0 fully saturated rings. The van der Waals surface area contributed by atoms with Crippen molar-refractivity contribution < 1.29 is 14.8 Å².